The Kier molecular flexibility index (Phi) is 6.83. The lowest BCUT2D eigenvalue weighted by Crippen LogP contribution is -1.64. The molecular formula is C9H16S. The van der Waals surface area contributed by atoms with Crippen LogP contribution in [0.4, 0.5) is 0 Å². The summed E-state index contributed by atoms with van der Waals surface area (Å²) in [7, 11) is 0. The fourth-order valence-corrected chi connectivity index (χ4v) is 1.02. The molecule has 0 amide bonds. The Morgan fingerprint density at radius 1 is 1.60 bits per heavy atom. The molecule has 0 saturated heterocycles. The molecule has 0 spiro atoms. The molecule has 0 aliphatic heterocycles. The first-order chi connectivity index (χ1) is 4.77. The maximum Gasteiger partial charge on any atom is -0.0211 e. The minimum Gasteiger partial charge on any atom is -0.104 e. The molecule has 58 valence electrons. The van der Waals surface area contributed by atoms with Crippen molar-refractivity contribution in [3.05, 3.63) is 23.0 Å². The van der Waals surface area contributed by atoms with Gasteiger partial charge in [-0.25, -0.2) is 0 Å². The summed E-state index contributed by atoms with van der Waals surface area (Å²) < 4.78 is 0. The fraction of sp³-hybridized carbons (Fsp3) is 0.556. The van der Waals surface area contributed by atoms with Crippen molar-refractivity contribution < 1.29 is 0 Å². The second-order valence-corrected chi connectivity index (χ2v) is 3.54. The summed E-state index contributed by atoms with van der Waals surface area (Å²) >= 11 is 1.71. The van der Waals surface area contributed by atoms with Crippen LogP contribution in [0.2, 0.25) is 0 Å². The summed E-state index contributed by atoms with van der Waals surface area (Å²) in [6.07, 6.45) is 5.99. The molecular weight excluding hydrogens is 140 g/mol. The average molecular weight is 156 g/mol. The molecule has 0 nitrogen and oxygen atoms in total. The quantitative estimate of drug-likeness (QED) is 0.543. The number of rotatable bonds is 5. The third kappa shape index (κ3) is 7.83. The molecule has 0 heterocycles. The van der Waals surface area contributed by atoms with Crippen LogP contribution in [0.5, 0.6) is 0 Å². The highest BCUT2D eigenvalue weighted by Gasteiger charge is 1.79. The van der Waals surface area contributed by atoms with Gasteiger partial charge in [-0.1, -0.05) is 32.4 Å². The van der Waals surface area contributed by atoms with Crippen molar-refractivity contribution in [1.29, 1.82) is 0 Å². The largest absolute Gasteiger partial charge is 0.104 e. The number of unbranched alkanes of at least 4 members (excludes halogenated alkanes) is 2. The maximum absolute atomic E-state index is 3.78. The smallest absolute Gasteiger partial charge is 0.0211 e. The van der Waals surface area contributed by atoms with Gasteiger partial charge in [0.25, 0.3) is 0 Å². The van der Waals surface area contributed by atoms with Gasteiger partial charge < -0.3 is 0 Å². The lowest BCUT2D eigenvalue weighted by atomic mass is 10.2. The van der Waals surface area contributed by atoms with Crippen molar-refractivity contribution in [2.24, 2.45) is 0 Å². The Hall–Kier alpha value is -0.170. The van der Waals surface area contributed by atoms with Gasteiger partial charge in [-0.15, -0.1) is 11.8 Å². The fourth-order valence-electron chi connectivity index (χ4n) is 0.554. The molecule has 0 unspecified atom stereocenters. The second kappa shape index (κ2) is 6.94. The Morgan fingerprint density at radius 3 is 2.80 bits per heavy atom. The zero-order valence-electron chi connectivity index (χ0n) is 6.89. The van der Waals surface area contributed by atoms with E-state index in [0.29, 0.717) is 0 Å². The summed E-state index contributed by atoms with van der Waals surface area (Å²) in [5, 5.41) is 2.12. The predicted molar refractivity (Wildman–Crippen MR) is 51.1 cm³/mol. The molecule has 0 aromatic heterocycles. The van der Waals surface area contributed by atoms with Crippen LogP contribution in [0.1, 0.15) is 33.1 Å². The first-order valence-electron chi connectivity index (χ1n) is 3.74. The van der Waals surface area contributed by atoms with E-state index < -0.39 is 0 Å². The van der Waals surface area contributed by atoms with Crippen LogP contribution in [-0.2, 0) is 0 Å². The SMILES string of the molecule is C=C(C)SC=CCCCC. The van der Waals surface area contributed by atoms with E-state index >= 15 is 0 Å². The van der Waals surface area contributed by atoms with Crippen LogP contribution in [0, 0.1) is 0 Å². The van der Waals surface area contributed by atoms with Gasteiger partial charge in [0, 0.05) is 0 Å². The third-order valence-electron chi connectivity index (χ3n) is 1.09. The topological polar surface area (TPSA) is 0 Å². The van der Waals surface area contributed by atoms with E-state index in [-0.39, 0.29) is 0 Å². The van der Waals surface area contributed by atoms with Crippen LogP contribution in [0.3, 0.4) is 0 Å². The normalized spacial score (nSPS) is 10.6. The Labute approximate surface area is 68.4 Å². The van der Waals surface area contributed by atoms with E-state index in [1.165, 1.54) is 19.3 Å². The molecule has 10 heavy (non-hydrogen) atoms. The maximum atomic E-state index is 3.78. The minimum absolute atomic E-state index is 1.16. The van der Waals surface area contributed by atoms with Crippen molar-refractivity contribution in [3.63, 3.8) is 0 Å². The lowest BCUT2D eigenvalue weighted by molar-refractivity contribution is 0.815. The molecule has 0 aliphatic carbocycles. The van der Waals surface area contributed by atoms with Gasteiger partial charge in [0.15, 0.2) is 0 Å². The highest BCUT2D eigenvalue weighted by atomic mass is 32.2. The van der Waals surface area contributed by atoms with E-state index in [0.717, 1.165) is 4.91 Å². The predicted octanol–water partition coefficient (Wildman–Crippen LogP) is 3.96. The van der Waals surface area contributed by atoms with Gasteiger partial charge in [0.2, 0.25) is 0 Å². The molecule has 0 aliphatic rings. The molecule has 0 N–H and O–H groups in total. The molecule has 0 radical (unpaired) electrons. The van der Waals surface area contributed by atoms with E-state index in [9.17, 15) is 0 Å². The zero-order valence-corrected chi connectivity index (χ0v) is 7.71. The molecule has 0 fully saturated rings. The van der Waals surface area contributed by atoms with Crippen molar-refractivity contribution in [2.75, 3.05) is 0 Å². The summed E-state index contributed by atoms with van der Waals surface area (Å²) in [5.74, 6) is 0. The van der Waals surface area contributed by atoms with E-state index in [4.69, 9.17) is 0 Å². The van der Waals surface area contributed by atoms with E-state index in [1.807, 2.05) is 6.92 Å². The summed E-state index contributed by atoms with van der Waals surface area (Å²) in [6, 6.07) is 0. The number of hydrogen-bond acceptors (Lipinski definition) is 1. The van der Waals surface area contributed by atoms with E-state index in [2.05, 4.69) is 25.0 Å². The van der Waals surface area contributed by atoms with Gasteiger partial charge in [-0.2, -0.15) is 0 Å². The van der Waals surface area contributed by atoms with Crippen molar-refractivity contribution >= 4 is 11.8 Å². The van der Waals surface area contributed by atoms with Crippen LogP contribution in [0.15, 0.2) is 23.0 Å². The van der Waals surface area contributed by atoms with Gasteiger partial charge in [0.1, 0.15) is 0 Å². The van der Waals surface area contributed by atoms with Crippen LogP contribution < -0.4 is 0 Å². The van der Waals surface area contributed by atoms with Crippen molar-refractivity contribution in [3.8, 4) is 0 Å². The molecule has 0 rings (SSSR count). The van der Waals surface area contributed by atoms with Crippen LogP contribution in [0.25, 0.3) is 0 Å². The molecule has 0 saturated carbocycles. The Bertz CT molecular complexity index is 114. The van der Waals surface area contributed by atoms with Gasteiger partial charge in [-0.05, 0) is 23.7 Å². The molecule has 0 bridgehead atoms. The molecule has 0 aromatic rings. The summed E-state index contributed by atoms with van der Waals surface area (Å²) in [6.45, 7) is 8.02. The van der Waals surface area contributed by atoms with Gasteiger partial charge in [0.05, 0.1) is 0 Å². The molecule has 1 heteroatoms. The first kappa shape index (κ1) is 9.83. The first-order valence-corrected chi connectivity index (χ1v) is 4.62. The third-order valence-corrected chi connectivity index (χ3v) is 1.82. The summed E-state index contributed by atoms with van der Waals surface area (Å²) in [4.78, 5) is 1.16. The van der Waals surface area contributed by atoms with Crippen LogP contribution >= 0.6 is 11.8 Å². The van der Waals surface area contributed by atoms with E-state index in [1.54, 1.807) is 11.8 Å². The van der Waals surface area contributed by atoms with Crippen LogP contribution in [-0.4, -0.2) is 0 Å². The average Bonchev–Trinajstić information content (AvgIpc) is 1.87. The minimum atomic E-state index is 1.16. The standard InChI is InChI=1S/C9H16S/c1-4-5-6-7-8-10-9(2)3/h7-8H,2,4-6H2,1,3H3. The summed E-state index contributed by atoms with van der Waals surface area (Å²) in [5.41, 5.74) is 0. The number of hydrogen-bond donors (Lipinski definition) is 0. The monoisotopic (exact) mass is 156 g/mol. The highest BCUT2D eigenvalue weighted by Crippen LogP contribution is 2.13. The number of allylic oxidation sites excluding steroid dienone is 2. The molecule has 0 aromatic carbocycles. The van der Waals surface area contributed by atoms with Gasteiger partial charge in [-0.3, -0.25) is 0 Å². The Morgan fingerprint density at radius 2 is 2.30 bits per heavy atom. The lowest BCUT2D eigenvalue weighted by Gasteiger charge is -1.89. The van der Waals surface area contributed by atoms with Crippen molar-refractivity contribution in [1.82, 2.24) is 0 Å². The Balaban J connectivity index is 3.12. The number of thioether (sulfide) groups is 1. The zero-order chi connectivity index (χ0) is 7.82. The van der Waals surface area contributed by atoms with Crippen molar-refractivity contribution in [2.45, 2.75) is 33.1 Å². The molecule has 0 atom stereocenters. The second-order valence-electron chi connectivity index (χ2n) is 2.33. The highest BCUT2D eigenvalue weighted by molar-refractivity contribution is 8.05. The van der Waals surface area contributed by atoms with Gasteiger partial charge >= 0.3 is 0 Å².